The number of non-ortho nitro benzene ring substituents is 1. The number of hydrogen-bond donors (Lipinski definition) is 0. The second-order valence-corrected chi connectivity index (χ2v) is 8.03. The van der Waals surface area contributed by atoms with Crippen LogP contribution in [0.4, 0.5) is 11.4 Å². The molecule has 2 aromatic carbocycles. The van der Waals surface area contributed by atoms with Crippen molar-refractivity contribution in [3.05, 3.63) is 82.2 Å². The molecule has 1 aromatic heterocycles. The average Bonchev–Trinajstić information content (AvgIpc) is 3.57. The summed E-state index contributed by atoms with van der Waals surface area (Å²) in [6.45, 7) is 2.54. The van der Waals surface area contributed by atoms with Gasteiger partial charge in [-0.25, -0.2) is 4.68 Å². The van der Waals surface area contributed by atoms with Gasteiger partial charge < -0.3 is 9.80 Å². The number of carbonyl (C=O) groups is 1. The van der Waals surface area contributed by atoms with Crippen molar-refractivity contribution in [3.8, 4) is 5.69 Å². The Kier molecular flexibility index (Phi) is 4.89. The fourth-order valence-corrected chi connectivity index (χ4v) is 4.01. The van der Waals surface area contributed by atoms with E-state index in [4.69, 9.17) is 5.10 Å². The zero-order valence-electron chi connectivity index (χ0n) is 17.1. The predicted octanol–water partition coefficient (Wildman–Crippen LogP) is 3.62. The molecule has 2 heterocycles. The van der Waals surface area contributed by atoms with Crippen molar-refractivity contribution in [2.75, 3.05) is 31.1 Å². The van der Waals surface area contributed by atoms with Crippen LogP contribution in [0.2, 0.25) is 0 Å². The quantitative estimate of drug-likeness (QED) is 0.468. The van der Waals surface area contributed by atoms with Gasteiger partial charge in [0, 0.05) is 49.9 Å². The van der Waals surface area contributed by atoms with Gasteiger partial charge >= 0.3 is 0 Å². The number of rotatable bonds is 5. The number of benzene rings is 2. The van der Waals surface area contributed by atoms with Crippen molar-refractivity contribution in [2.45, 2.75) is 18.8 Å². The fourth-order valence-electron chi connectivity index (χ4n) is 4.01. The Balaban J connectivity index is 1.32. The van der Waals surface area contributed by atoms with E-state index in [1.807, 2.05) is 41.3 Å². The fraction of sp³-hybridized carbons (Fsp3) is 0.304. The van der Waals surface area contributed by atoms with Gasteiger partial charge in [-0.3, -0.25) is 14.9 Å². The maximum absolute atomic E-state index is 13.4. The summed E-state index contributed by atoms with van der Waals surface area (Å²) >= 11 is 0. The third kappa shape index (κ3) is 3.88. The van der Waals surface area contributed by atoms with Crippen molar-refractivity contribution < 1.29 is 9.72 Å². The summed E-state index contributed by atoms with van der Waals surface area (Å²) in [5.41, 5.74) is 3.51. The summed E-state index contributed by atoms with van der Waals surface area (Å²) in [4.78, 5) is 27.9. The number of nitro groups is 1. The van der Waals surface area contributed by atoms with Crippen LogP contribution in [0.15, 0.2) is 60.7 Å². The zero-order valence-corrected chi connectivity index (χ0v) is 17.1. The Morgan fingerprint density at radius 3 is 2.23 bits per heavy atom. The molecule has 0 N–H and O–H groups in total. The van der Waals surface area contributed by atoms with Gasteiger partial charge in [0.1, 0.15) is 5.69 Å². The van der Waals surface area contributed by atoms with Crippen LogP contribution in [0.1, 0.15) is 34.9 Å². The highest BCUT2D eigenvalue weighted by atomic mass is 16.6. The Hall–Kier alpha value is -3.68. The van der Waals surface area contributed by atoms with E-state index in [-0.39, 0.29) is 11.6 Å². The minimum absolute atomic E-state index is 0.00778. The maximum Gasteiger partial charge on any atom is 0.272 e. The van der Waals surface area contributed by atoms with E-state index in [9.17, 15) is 14.9 Å². The maximum atomic E-state index is 13.4. The molecule has 1 aliphatic carbocycles. The summed E-state index contributed by atoms with van der Waals surface area (Å²) in [5.74, 6) is 0.460. The lowest BCUT2D eigenvalue weighted by Gasteiger charge is -2.36. The molecule has 158 valence electrons. The first-order chi connectivity index (χ1) is 15.1. The van der Waals surface area contributed by atoms with Crippen LogP contribution in [0, 0.1) is 10.1 Å². The van der Waals surface area contributed by atoms with Gasteiger partial charge in [-0.05, 0) is 43.2 Å². The van der Waals surface area contributed by atoms with Gasteiger partial charge in [-0.2, -0.15) is 5.10 Å². The van der Waals surface area contributed by atoms with Crippen LogP contribution in [0.25, 0.3) is 5.69 Å². The number of nitrogens with zero attached hydrogens (tertiary/aromatic N) is 5. The molecule has 1 aliphatic heterocycles. The predicted molar refractivity (Wildman–Crippen MR) is 117 cm³/mol. The smallest absolute Gasteiger partial charge is 0.272 e. The van der Waals surface area contributed by atoms with E-state index < -0.39 is 4.92 Å². The van der Waals surface area contributed by atoms with Gasteiger partial charge in [-0.15, -0.1) is 0 Å². The lowest BCUT2D eigenvalue weighted by molar-refractivity contribution is -0.384. The van der Waals surface area contributed by atoms with E-state index in [0.717, 1.165) is 29.9 Å². The van der Waals surface area contributed by atoms with E-state index in [2.05, 4.69) is 4.90 Å². The second kappa shape index (κ2) is 7.86. The van der Waals surface area contributed by atoms with E-state index in [0.29, 0.717) is 37.8 Å². The van der Waals surface area contributed by atoms with E-state index in [1.54, 1.807) is 16.8 Å². The number of hydrogen-bond acceptors (Lipinski definition) is 5. The molecule has 2 aliphatic rings. The van der Waals surface area contributed by atoms with Crippen molar-refractivity contribution in [2.24, 2.45) is 0 Å². The molecule has 1 saturated heterocycles. The molecule has 1 amide bonds. The number of aromatic nitrogens is 2. The molecule has 8 heteroatoms. The minimum atomic E-state index is -0.397. The summed E-state index contributed by atoms with van der Waals surface area (Å²) in [7, 11) is 0. The Bertz CT molecular complexity index is 1100. The number of piperazine rings is 1. The Morgan fingerprint density at radius 2 is 1.61 bits per heavy atom. The monoisotopic (exact) mass is 417 g/mol. The van der Waals surface area contributed by atoms with Crippen molar-refractivity contribution >= 4 is 17.3 Å². The normalized spacial score (nSPS) is 16.4. The van der Waals surface area contributed by atoms with Gasteiger partial charge in [0.15, 0.2) is 0 Å². The van der Waals surface area contributed by atoms with Crippen molar-refractivity contribution in [1.29, 1.82) is 0 Å². The first-order valence-corrected chi connectivity index (χ1v) is 10.5. The average molecular weight is 417 g/mol. The summed E-state index contributed by atoms with van der Waals surface area (Å²) in [5, 5.41) is 15.6. The van der Waals surface area contributed by atoms with Crippen molar-refractivity contribution in [3.63, 3.8) is 0 Å². The molecule has 3 aromatic rings. The number of nitro benzene ring substituents is 1. The van der Waals surface area contributed by atoms with Crippen LogP contribution in [-0.2, 0) is 0 Å². The topological polar surface area (TPSA) is 84.5 Å². The molecule has 2 fully saturated rings. The molecular formula is C23H23N5O3. The van der Waals surface area contributed by atoms with Crippen LogP contribution in [0.5, 0.6) is 0 Å². The molecule has 1 saturated carbocycles. The van der Waals surface area contributed by atoms with Gasteiger partial charge in [0.2, 0.25) is 0 Å². The third-order valence-corrected chi connectivity index (χ3v) is 5.94. The number of amides is 1. The number of anilines is 1. The van der Waals surface area contributed by atoms with Gasteiger partial charge in [-0.1, -0.05) is 18.2 Å². The molecule has 5 rings (SSSR count). The summed E-state index contributed by atoms with van der Waals surface area (Å²) in [6.07, 6.45) is 2.26. The van der Waals surface area contributed by atoms with Crippen LogP contribution < -0.4 is 4.90 Å². The molecule has 31 heavy (non-hydrogen) atoms. The third-order valence-electron chi connectivity index (χ3n) is 5.94. The number of para-hydroxylation sites is 1. The van der Waals surface area contributed by atoms with Crippen LogP contribution in [-0.4, -0.2) is 51.7 Å². The Morgan fingerprint density at radius 1 is 0.935 bits per heavy atom. The van der Waals surface area contributed by atoms with Crippen LogP contribution in [0.3, 0.4) is 0 Å². The lowest BCUT2D eigenvalue weighted by atomic mass is 10.2. The highest BCUT2D eigenvalue weighted by molar-refractivity contribution is 5.93. The summed E-state index contributed by atoms with van der Waals surface area (Å²) < 4.78 is 1.78. The molecular weight excluding hydrogens is 394 g/mol. The van der Waals surface area contributed by atoms with E-state index >= 15 is 0 Å². The lowest BCUT2D eigenvalue weighted by Crippen LogP contribution is -2.49. The first-order valence-electron chi connectivity index (χ1n) is 10.5. The standard InChI is InChI=1S/C23H23N5O3/c29-23(22-16-21(17-6-7-17)24-27(22)19-4-2-1-3-5-19)26-14-12-25(13-15-26)18-8-10-20(11-9-18)28(30)31/h1-5,8-11,16-17H,6-7,12-15H2. The van der Waals surface area contributed by atoms with E-state index in [1.165, 1.54) is 12.1 Å². The van der Waals surface area contributed by atoms with Gasteiger partial charge in [0.05, 0.1) is 16.3 Å². The Labute approximate surface area is 179 Å². The largest absolute Gasteiger partial charge is 0.368 e. The van der Waals surface area contributed by atoms with Crippen LogP contribution >= 0.6 is 0 Å². The number of carbonyl (C=O) groups excluding carboxylic acids is 1. The van der Waals surface area contributed by atoms with Crippen molar-refractivity contribution in [1.82, 2.24) is 14.7 Å². The highest BCUT2D eigenvalue weighted by Crippen LogP contribution is 2.40. The first kappa shape index (κ1) is 19.3. The minimum Gasteiger partial charge on any atom is -0.368 e. The molecule has 0 unspecified atom stereocenters. The molecule has 0 spiro atoms. The SMILES string of the molecule is O=C(c1cc(C2CC2)nn1-c1ccccc1)N1CCN(c2ccc([N+](=O)[O-])cc2)CC1. The zero-order chi connectivity index (χ0) is 21.4. The molecule has 0 atom stereocenters. The highest BCUT2D eigenvalue weighted by Gasteiger charge is 2.31. The molecule has 8 nitrogen and oxygen atoms in total. The molecule has 0 bridgehead atoms. The second-order valence-electron chi connectivity index (χ2n) is 8.03. The summed E-state index contributed by atoms with van der Waals surface area (Å²) in [6, 6.07) is 18.3. The molecule has 0 radical (unpaired) electrons. The van der Waals surface area contributed by atoms with Gasteiger partial charge in [0.25, 0.3) is 11.6 Å².